The summed E-state index contributed by atoms with van der Waals surface area (Å²) in [6.07, 6.45) is 1.87. The standard InChI is InChI=1S/C22H23N3O4/c1-14-12-25(13-15(2)29-14)17-7-5-16(6-8-17)23-21(26)18-9-10-19(24-22(18)27)20-4-3-11-28-20/h3-11,14-15H,12-13H2,1-2H3,(H,23,26)(H,24,27). The van der Waals surface area contributed by atoms with Crippen molar-refractivity contribution in [3.05, 3.63) is 70.7 Å². The van der Waals surface area contributed by atoms with Crippen molar-refractivity contribution < 1.29 is 13.9 Å². The highest BCUT2D eigenvalue weighted by Gasteiger charge is 2.22. The highest BCUT2D eigenvalue weighted by atomic mass is 16.5. The van der Waals surface area contributed by atoms with Crippen LogP contribution in [0.25, 0.3) is 11.5 Å². The second-order valence-corrected chi connectivity index (χ2v) is 7.26. The summed E-state index contributed by atoms with van der Waals surface area (Å²) in [4.78, 5) is 29.8. The maximum atomic E-state index is 12.5. The number of benzene rings is 1. The van der Waals surface area contributed by atoms with Crippen molar-refractivity contribution in [2.75, 3.05) is 23.3 Å². The minimum atomic E-state index is -0.468. The van der Waals surface area contributed by atoms with Crippen molar-refractivity contribution >= 4 is 17.3 Å². The summed E-state index contributed by atoms with van der Waals surface area (Å²) in [5, 5.41) is 2.78. The summed E-state index contributed by atoms with van der Waals surface area (Å²) in [5.41, 5.74) is 1.80. The van der Waals surface area contributed by atoms with E-state index in [0.29, 0.717) is 17.1 Å². The summed E-state index contributed by atoms with van der Waals surface area (Å²) >= 11 is 0. The Morgan fingerprint density at radius 2 is 1.79 bits per heavy atom. The van der Waals surface area contributed by atoms with E-state index in [9.17, 15) is 9.59 Å². The van der Waals surface area contributed by atoms with E-state index in [-0.39, 0.29) is 17.8 Å². The van der Waals surface area contributed by atoms with Gasteiger partial charge >= 0.3 is 0 Å². The Kier molecular flexibility index (Phi) is 5.22. The molecule has 0 aliphatic carbocycles. The van der Waals surface area contributed by atoms with Gasteiger partial charge in [-0.2, -0.15) is 0 Å². The average Bonchev–Trinajstić information content (AvgIpc) is 3.22. The zero-order valence-corrected chi connectivity index (χ0v) is 16.3. The van der Waals surface area contributed by atoms with Crippen LogP contribution in [0.2, 0.25) is 0 Å². The number of nitrogens with zero attached hydrogens (tertiary/aromatic N) is 1. The molecule has 1 aliphatic rings. The van der Waals surface area contributed by atoms with Gasteiger partial charge in [0.05, 0.1) is 24.2 Å². The SMILES string of the molecule is CC1CN(c2ccc(NC(=O)c3ccc(-c4ccco4)[nH]c3=O)cc2)CC(C)O1. The number of H-pyrrole nitrogens is 1. The van der Waals surface area contributed by atoms with Crippen molar-refractivity contribution in [1.82, 2.24) is 4.98 Å². The first-order valence-electron chi connectivity index (χ1n) is 9.58. The van der Waals surface area contributed by atoms with Crippen molar-refractivity contribution in [2.24, 2.45) is 0 Å². The predicted molar refractivity (Wildman–Crippen MR) is 111 cm³/mol. The number of aromatic amines is 1. The van der Waals surface area contributed by atoms with Gasteiger partial charge in [-0.05, 0) is 62.4 Å². The number of carbonyl (C=O) groups is 1. The molecule has 0 spiro atoms. The fraction of sp³-hybridized carbons (Fsp3) is 0.273. The highest BCUT2D eigenvalue weighted by molar-refractivity contribution is 6.04. The van der Waals surface area contributed by atoms with Crippen molar-refractivity contribution in [1.29, 1.82) is 0 Å². The number of aromatic nitrogens is 1. The molecule has 0 bridgehead atoms. The third kappa shape index (κ3) is 4.25. The summed E-state index contributed by atoms with van der Waals surface area (Å²) in [5.74, 6) is 0.0787. The van der Waals surface area contributed by atoms with Crippen LogP contribution in [0, 0.1) is 0 Å². The molecular formula is C22H23N3O4. The number of furan rings is 1. The molecule has 4 rings (SSSR count). The second-order valence-electron chi connectivity index (χ2n) is 7.26. The largest absolute Gasteiger partial charge is 0.463 e. The van der Waals surface area contributed by atoms with E-state index in [2.05, 4.69) is 29.0 Å². The van der Waals surface area contributed by atoms with Gasteiger partial charge in [0, 0.05) is 24.5 Å². The van der Waals surface area contributed by atoms with Gasteiger partial charge in [0.2, 0.25) is 0 Å². The minimum absolute atomic E-state index is 0.0419. The number of hydrogen-bond donors (Lipinski definition) is 2. The van der Waals surface area contributed by atoms with Crippen molar-refractivity contribution in [2.45, 2.75) is 26.1 Å². The molecular weight excluding hydrogens is 370 g/mol. The molecule has 0 saturated carbocycles. The van der Waals surface area contributed by atoms with Gasteiger partial charge in [0.25, 0.3) is 11.5 Å². The minimum Gasteiger partial charge on any atom is -0.463 e. The van der Waals surface area contributed by atoms with E-state index < -0.39 is 11.5 Å². The lowest BCUT2D eigenvalue weighted by Crippen LogP contribution is -2.45. The first-order chi connectivity index (χ1) is 14.0. The molecule has 1 fully saturated rings. The molecule has 3 heterocycles. The van der Waals surface area contributed by atoms with Gasteiger partial charge < -0.3 is 24.4 Å². The average molecular weight is 393 g/mol. The number of rotatable bonds is 4. The van der Waals surface area contributed by atoms with E-state index in [4.69, 9.17) is 9.15 Å². The third-order valence-electron chi connectivity index (χ3n) is 4.85. The molecule has 1 saturated heterocycles. The summed E-state index contributed by atoms with van der Waals surface area (Å²) in [6.45, 7) is 5.78. The number of anilines is 2. The highest BCUT2D eigenvalue weighted by Crippen LogP contribution is 2.22. The number of amides is 1. The maximum Gasteiger partial charge on any atom is 0.261 e. The molecule has 2 unspecified atom stereocenters. The molecule has 2 N–H and O–H groups in total. The first-order valence-corrected chi connectivity index (χ1v) is 9.58. The van der Waals surface area contributed by atoms with Gasteiger partial charge in [0.15, 0.2) is 0 Å². The van der Waals surface area contributed by atoms with Crippen LogP contribution < -0.4 is 15.8 Å². The normalized spacial score (nSPS) is 19.2. The fourth-order valence-corrected chi connectivity index (χ4v) is 3.57. The zero-order valence-electron chi connectivity index (χ0n) is 16.3. The molecule has 29 heavy (non-hydrogen) atoms. The van der Waals surface area contributed by atoms with Crippen LogP contribution >= 0.6 is 0 Å². The van der Waals surface area contributed by atoms with Gasteiger partial charge in [-0.1, -0.05) is 0 Å². The Hall–Kier alpha value is -3.32. The summed E-state index contributed by atoms with van der Waals surface area (Å²) in [7, 11) is 0. The molecule has 1 amide bonds. The van der Waals surface area contributed by atoms with Crippen LogP contribution in [0.15, 0.2) is 64.0 Å². The summed E-state index contributed by atoms with van der Waals surface area (Å²) < 4.78 is 11.0. The molecule has 1 aliphatic heterocycles. The topological polar surface area (TPSA) is 87.6 Å². The second kappa shape index (κ2) is 7.97. The molecule has 1 aromatic carbocycles. The van der Waals surface area contributed by atoms with Crippen molar-refractivity contribution in [3.63, 3.8) is 0 Å². The van der Waals surface area contributed by atoms with E-state index in [0.717, 1.165) is 18.8 Å². The first kappa shape index (κ1) is 19.0. The van der Waals surface area contributed by atoms with E-state index in [1.807, 2.05) is 24.3 Å². The van der Waals surface area contributed by atoms with Gasteiger partial charge in [-0.25, -0.2) is 0 Å². The molecule has 2 aromatic heterocycles. The molecule has 0 radical (unpaired) electrons. The predicted octanol–water partition coefficient (Wildman–Crippen LogP) is 3.50. The number of hydrogen-bond acceptors (Lipinski definition) is 5. The monoisotopic (exact) mass is 393 g/mol. The lowest BCUT2D eigenvalue weighted by Gasteiger charge is -2.36. The van der Waals surface area contributed by atoms with Crippen LogP contribution in [0.5, 0.6) is 0 Å². The molecule has 150 valence electrons. The Labute approximate surface area is 168 Å². The summed E-state index contributed by atoms with van der Waals surface area (Å²) in [6, 6.07) is 14.2. The number of nitrogens with one attached hydrogen (secondary N) is 2. The Morgan fingerprint density at radius 3 is 2.41 bits per heavy atom. The zero-order chi connectivity index (χ0) is 20.4. The van der Waals surface area contributed by atoms with E-state index >= 15 is 0 Å². The molecule has 2 atom stereocenters. The van der Waals surface area contributed by atoms with E-state index in [1.54, 1.807) is 18.2 Å². The number of morpholine rings is 1. The van der Waals surface area contributed by atoms with Crippen LogP contribution in [0.4, 0.5) is 11.4 Å². The fourth-order valence-electron chi connectivity index (χ4n) is 3.57. The smallest absolute Gasteiger partial charge is 0.261 e. The number of carbonyl (C=O) groups excluding carboxylic acids is 1. The quantitative estimate of drug-likeness (QED) is 0.708. The van der Waals surface area contributed by atoms with Crippen LogP contribution in [0.3, 0.4) is 0 Å². The lowest BCUT2D eigenvalue weighted by atomic mass is 10.2. The van der Waals surface area contributed by atoms with Gasteiger partial charge in [-0.3, -0.25) is 9.59 Å². The third-order valence-corrected chi connectivity index (χ3v) is 4.85. The lowest BCUT2D eigenvalue weighted by molar-refractivity contribution is -0.00521. The van der Waals surface area contributed by atoms with Gasteiger partial charge in [-0.15, -0.1) is 0 Å². The molecule has 7 nitrogen and oxygen atoms in total. The number of ether oxygens (including phenoxy) is 1. The van der Waals surface area contributed by atoms with Crippen molar-refractivity contribution in [3.8, 4) is 11.5 Å². The maximum absolute atomic E-state index is 12.5. The van der Waals surface area contributed by atoms with Gasteiger partial charge in [0.1, 0.15) is 11.3 Å². The van der Waals surface area contributed by atoms with Crippen LogP contribution in [0.1, 0.15) is 24.2 Å². The Bertz CT molecular complexity index is 1030. The number of pyridine rings is 1. The Morgan fingerprint density at radius 1 is 1.07 bits per heavy atom. The van der Waals surface area contributed by atoms with Crippen LogP contribution in [-0.2, 0) is 4.74 Å². The van der Waals surface area contributed by atoms with E-state index in [1.165, 1.54) is 12.3 Å². The van der Waals surface area contributed by atoms with Crippen LogP contribution in [-0.4, -0.2) is 36.2 Å². The molecule has 7 heteroatoms. The molecule has 3 aromatic rings. The Balaban J connectivity index is 1.45.